The Morgan fingerprint density at radius 1 is 1.23 bits per heavy atom. The van der Waals surface area contributed by atoms with E-state index in [1.54, 1.807) is 0 Å². The summed E-state index contributed by atoms with van der Waals surface area (Å²) in [6.07, 6.45) is 6.30. The van der Waals surface area contributed by atoms with Crippen molar-refractivity contribution in [3.05, 3.63) is 58.1 Å². The lowest BCUT2D eigenvalue weighted by Crippen LogP contribution is -2.35. The van der Waals surface area contributed by atoms with E-state index < -0.39 is 0 Å². The molecule has 1 fully saturated rings. The van der Waals surface area contributed by atoms with Crippen molar-refractivity contribution in [3.63, 3.8) is 0 Å². The van der Waals surface area contributed by atoms with E-state index in [9.17, 15) is 4.79 Å². The van der Waals surface area contributed by atoms with E-state index in [-0.39, 0.29) is 18.3 Å². The van der Waals surface area contributed by atoms with Crippen LogP contribution < -0.4 is 9.64 Å². The van der Waals surface area contributed by atoms with Crippen LogP contribution in [0.3, 0.4) is 0 Å². The van der Waals surface area contributed by atoms with Gasteiger partial charge in [0.25, 0.3) is 0 Å². The number of benzene rings is 2. The Morgan fingerprint density at radius 2 is 2.06 bits per heavy atom. The molecule has 0 radical (unpaired) electrons. The molecule has 0 amide bonds. The van der Waals surface area contributed by atoms with Gasteiger partial charge in [-0.15, -0.1) is 0 Å². The van der Waals surface area contributed by atoms with E-state index in [0.29, 0.717) is 6.61 Å². The van der Waals surface area contributed by atoms with Crippen molar-refractivity contribution in [2.45, 2.75) is 51.4 Å². The second-order valence-electron chi connectivity index (χ2n) is 8.86. The number of hydrogen-bond acceptors (Lipinski definition) is 4. The summed E-state index contributed by atoms with van der Waals surface area (Å²) in [5, 5.41) is 0.795. The molecule has 4 rings (SSSR count). The monoisotopic (exact) mass is 441 g/mol. The van der Waals surface area contributed by atoms with Crippen molar-refractivity contribution in [3.8, 4) is 5.75 Å². The Balaban J connectivity index is 1.65. The van der Waals surface area contributed by atoms with Gasteiger partial charge in [-0.1, -0.05) is 43.5 Å². The molecule has 1 saturated carbocycles. The largest absolute Gasteiger partial charge is 0.491 e. The molecule has 1 aliphatic carbocycles. The van der Waals surface area contributed by atoms with Crippen LogP contribution in [0.2, 0.25) is 5.02 Å². The zero-order chi connectivity index (χ0) is 21.8. The highest BCUT2D eigenvalue weighted by Gasteiger charge is 2.29. The predicted octanol–water partition coefficient (Wildman–Crippen LogP) is 5.79. The van der Waals surface area contributed by atoms with Gasteiger partial charge in [-0.3, -0.25) is 4.79 Å². The number of fused-ring (bicyclic) bond motifs is 1. The van der Waals surface area contributed by atoms with Crippen LogP contribution in [0.1, 0.15) is 55.2 Å². The van der Waals surface area contributed by atoms with E-state index in [0.717, 1.165) is 53.9 Å². The number of halogens is 1. The van der Waals surface area contributed by atoms with Crippen LogP contribution in [-0.2, 0) is 22.4 Å². The lowest BCUT2D eigenvalue weighted by Gasteiger charge is -2.35. The zero-order valence-electron chi connectivity index (χ0n) is 18.5. The second kappa shape index (κ2) is 9.95. The van der Waals surface area contributed by atoms with Crippen molar-refractivity contribution in [1.29, 1.82) is 0 Å². The van der Waals surface area contributed by atoms with Crippen LogP contribution in [0.5, 0.6) is 5.75 Å². The molecular formula is C26H32ClNO3. The standard InChI is InChI=1S/C26H32ClNO3/c1-3-5-20-14-22(27)9-10-23(20)21-16-28(15-18-6-4-7-18)24-12-19(13-26(29)30-2)8-11-25(24)31-17-21/h8-12,14,18,21H,3-7,13,15-17H2,1-2H3. The minimum atomic E-state index is -0.219. The highest BCUT2D eigenvalue weighted by Crippen LogP contribution is 2.39. The number of anilines is 1. The smallest absolute Gasteiger partial charge is 0.309 e. The fourth-order valence-corrected chi connectivity index (χ4v) is 4.89. The van der Waals surface area contributed by atoms with Crippen LogP contribution in [0, 0.1) is 5.92 Å². The van der Waals surface area contributed by atoms with Gasteiger partial charge in [0.1, 0.15) is 5.75 Å². The molecule has 0 N–H and O–H groups in total. The van der Waals surface area contributed by atoms with E-state index in [2.05, 4.69) is 30.0 Å². The Labute approximate surface area is 190 Å². The van der Waals surface area contributed by atoms with Gasteiger partial charge in [0, 0.05) is 24.0 Å². The van der Waals surface area contributed by atoms with Crippen molar-refractivity contribution in [2.24, 2.45) is 5.92 Å². The summed E-state index contributed by atoms with van der Waals surface area (Å²) in [7, 11) is 1.43. The highest BCUT2D eigenvalue weighted by molar-refractivity contribution is 6.30. The topological polar surface area (TPSA) is 38.8 Å². The summed E-state index contributed by atoms with van der Waals surface area (Å²) in [5.74, 6) is 1.69. The first-order valence-corrected chi connectivity index (χ1v) is 11.8. The molecule has 1 unspecified atom stereocenters. The molecule has 0 aromatic heterocycles. The van der Waals surface area contributed by atoms with Crippen molar-refractivity contribution >= 4 is 23.3 Å². The average molecular weight is 442 g/mol. The van der Waals surface area contributed by atoms with Crippen LogP contribution in [0.4, 0.5) is 5.69 Å². The summed E-state index contributed by atoms with van der Waals surface area (Å²) in [5.41, 5.74) is 4.73. The molecule has 0 bridgehead atoms. The summed E-state index contributed by atoms with van der Waals surface area (Å²) in [4.78, 5) is 14.3. The minimum Gasteiger partial charge on any atom is -0.491 e. The first kappa shape index (κ1) is 22.0. The normalized spacial score (nSPS) is 18.5. The molecule has 2 aromatic rings. The van der Waals surface area contributed by atoms with Gasteiger partial charge in [0.15, 0.2) is 0 Å². The van der Waals surface area contributed by atoms with Crippen LogP contribution >= 0.6 is 11.6 Å². The van der Waals surface area contributed by atoms with Gasteiger partial charge in [0.05, 0.1) is 25.8 Å². The van der Waals surface area contributed by atoms with E-state index in [1.165, 1.54) is 37.5 Å². The number of nitrogens with zero attached hydrogens (tertiary/aromatic N) is 1. The SMILES string of the molecule is CCCc1cc(Cl)ccc1C1COc2ccc(CC(=O)OC)cc2N(CC2CCC2)C1. The first-order chi connectivity index (χ1) is 15.1. The number of carbonyl (C=O) groups is 1. The van der Waals surface area contributed by atoms with Crippen LogP contribution in [0.25, 0.3) is 0 Å². The van der Waals surface area contributed by atoms with Gasteiger partial charge >= 0.3 is 5.97 Å². The first-order valence-electron chi connectivity index (χ1n) is 11.4. The molecule has 4 nitrogen and oxygen atoms in total. The molecule has 5 heteroatoms. The average Bonchev–Trinajstić information content (AvgIpc) is 2.90. The Morgan fingerprint density at radius 3 is 2.77 bits per heavy atom. The van der Waals surface area contributed by atoms with Gasteiger partial charge in [-0.2, -0.15) is 0 Å². The number of hydrogen-bond donors (Lipinski definition) is 0. The van der Waals surface area contributed by atoms with Crippen molar-refractivity contribution in [1.82, 2.24) is 0 Å². The van der Waals surface area contributed by atoms with E-state index >= 15 is 0 Å². The van der Waals surface area contributed by atoms with Gasteiger partial charge in [-0.05, 0) is 66.1 Å². The second-order valence-corrected chi connectivity index (χ2v) is 9.29. The number of rotatable bonds is 7. The van der Waals surface area contributed by atoms with Gasteiger partial charge in [0.2, 0.25) is 0 Å². The fraction of sp³-hybridized carbons (Fsp3) is 0.500. The molecule has 0 spiro atoms. The molecule has 1 aliphatic heterocycles. The minimum absolute atomic E-state index is 0.219. The number of ether oxygens (including phenoxy) is 2. The molecule has 0 saturated heterocycles. The highest BCUT2D eigenvalue weighted by atomic mass is 35.5. The Hall–Kier alpha value is -2.20. The quantitative estimate of drug-likeness (QED) is 0.509. The van der Waals surface area contributed by atoms with E-state index in [4.69, 9.17) is 21.1 Å². The Bertz CT molecular complexity index is 925. The molecule has 2 aromatic carbocycles. The van der Waals surface area contributed by atoms with Crippen molar-refractivity contribution < 1.29 is 14.3 Å². The van der Waals surface area contributed by atoms with Gasteiger partial charge < -0.3 is 14.4 Å². The predicted molar refractivity (Wildman–Crippen MR) is 125 cm³/mol. The summed E-state index contributed by atoms with van der Waals surface area (Å²) < 4.78 is 11.2. The van der Waals surface area contributed by atoms with Crippen LogP contribution in [-0.4, -0.2) is 32.8 Å². The van der Waals surface area contributed by atoms with Gasteiger partial charge in [-0.25, -0.2) is 0 Å². The number of methoxy groups -OCH3 is 1. The number of aryl methyl sites for hydroxylation is 1. The maximum atomic E-state index is 11.8. The molecule has 166 valence electrons. The summed E-state index contributed by atoms with van der Waals surface area (Å²) >= 11 is 6.31. The molecule has 2 aliphatic rings. The van der Waals surface area contributed by atoms with Crippen LogP contribution in [0.15, 0.2) is 36.4 Å². The number of carbonyl (C=O) groups excluding carboxylic acids is 1. The molecule has 1 atom stereocenters. The maximum absolute atomic E-state index is 11.8. The third-order valence-electron chi connectivity index (χ3n) is 6.59. The lowest BCUT2D eigenvalue weighted by molar-refractivity contribution is -0.139. The molecular weight excluding hydrogens is 410 g/mol. The zero-order valence-corrected chi connectivity index (χ0v) is 19.3. The maximum Gasteiger partial charge on any atom is 0.309 e. The fourth-order valence-electron chi connectivity index (χ4n) is 4.69. The third kappa shape index (κ3) is 5.17. The Kier molecular flexibility index (Phi) is 7.06. The summed E-state index contributed by atoms with van der Waals surface area (Å²) in [6, 6.07) is 12.4. The van der Waals surface area contributed by atoms with E-state index in [1.807, 2.05) is 18.2 Å². The molecule has 1 heterocycles. The third-order valence-corrected chi connectivity index (χ3v) is 6.82. The van der Waals surface area contributed by atoms with Crippen molar-refractivity contribution in [2.75, 3.05) is 31.7 Å². The molecule has 31 heavy (non-hydrogen) atoms. The summed E-state index contributed by atoms with van der Waals surface area (Å²) in [6.45, 7) is 4.79. The number of esters is 1. The lowest BCUT2D eigenvalue weighted by atomic mass is 9.84.